The van der Waals surface area contributed by atoms with Gasteiger partial charge < -0.3 is 50.2 Å². The van der Waals surface area contributed by atoms with Crippen molar-refractivity contribution in [3.8, 4) is 0 Å². The molecule has 0 saturated carbocycles. The number of unbranched alkanes of at least 4 members (excludes halogenated alkanes) is 5. The van der Waals surface area contributed by atoms with Crippen LogP contribution in [0.2, 0.25) is 0 Å². The average Bonchev–Trinajstić information content (AvgIpc) is 3.37. The van der Waals surface area contributed by atoms with E-state index in [-0.39, 0.29) is 25.1 Å². The Balaban J connectivity index is 1.74. The molecule has 0 amide bonds. The summed E-state index contributed by atoms with van der Waals surface area (Å²) in [4.78, 5) is 78.6. The van der Waals surface area contributed by atoms with Crippen molar-refractivity contribution in [3.63, 3.8) is 0 Å². The standard InChI is InChI=1S/C54H85N3O18P2/c1-3-5-7-8-9-10-11-12-13-14-15-16-17-18-19-20-21-22-28-32-50(62)73-42-38-70-49(61)31-27-24-23-26-30-44-46(60)37-45(59)43(34-33-41(58)29-25-6-4-2)51(63)52(64)47(40-72-77(68,69)75-76(66,67)71-39-42)74-53(44)57-36-35-48(55)56-54(57)65/h5,7,9-10,12-13,15-16,18-19,33-36,41-45,47,51-53,58-59,63-64H,3-4,6,8,11,14,17,20-32,37-40H2,1-2H3,(H,66,67)(H,68,69)(H2,55,56,65)/b7-5-,10-9-,13-12-,16-15-,19-18-,34-33+/t41-,42+,43-,44-,45+,47+,51-,52+,53+/m0/s1. The van der Waals surface area contributed by atoms with Crippen molar-refractivity contribution < 1.29 is 81.3 Å². The van der Waals surface area contributed by atoms with Gasteiger partial charge in [0.15, 0.2) is 6.10 Å². The first-order valence-corrected chi connectivity index (χ1v) is 30.0. The Hall–Kier alpha value is -4.21. The number of aliphatic hydroxyl groups excluding tert-OH is 4. The van der Waals surface area contributed by atoms with Gasteiger partial charge in [-0.25, -0.2) is 13.9 Å². The number of nitrogens with two attached hydrogens (primary N) is 1. The van der Waals surface area contributed by atoms with Crippen LogP contribution in [0.15, 0.2) is 90.0 Å². The number of phosphoric acid groups is 2. The highest BCUT2D eigenvalue weighted by atomic mass is 31.3. The number of carbonyl (C=O) groups excluding carboxylic acids is 3. The number of ketones is 1. The number of hydrogen-bond donors (Lipinski definition) is 7. The molecule has 11 atom stereocenters. The molecule has 1 aromatic heterocycles. The number of fused-ring (bicyclic) bond motifs is 3. The number of rotatable bonds is 23. The zero-order chi connectivity index (χ0) is 56.5. The van der Waals surface area contributed by atoms with Gasteiger partial charge in [0.05, 0.1) is 37.4 Å². The summed E-state index contributed by atoms with van der Waals surface area (Å²) in [6.45, 7) is 1.33. The van der Waals surface area contributed by atoms with Crippen molar-refractivity contribution in [2.24, 2.45) is 11.8 Å². The van der Waals surface area contributed by atoms with Crippen LogP contribution >= 0.6 is 15.6 Å². The molecule has 0 spiro atoms. The summed E-state index contributed by atoms with van der Waals surface area (Å²) in [5.74, 6) is -5.01. The molecule has 0 aromatic carbocycles. The second kappa shape index (κ2) is 37.6. The molecule has 8 N–H and O–H groups in total. The second-order valence-electron chi connectivity index (χ2n) is 19.1. The minimum Gasteiger partial charge on any atom is -0.462 e. The Kier molecular flexibility index (Phi) is 32.8. The van der Waals surface area contributed by atoms with E-state index >= 15 is 0 Å². The fourth-order valence-corrected chi connectivity index (χ4v) is 10.5. The predicted molar refractivity (Wildman–Crippen MR) is 289 cm³/mol. The summed E-state index contributed by atoms with van der Waals surface area (Å²) in [5, 5.41) is 45.6. The van der Waals surface area contributed by atoms with Crippen molar-refractivity contribution in [2.45, 2.75) is 192 Å². The van der Waals surface area contributed by atoms with E-state index in [2.05, 4.69) is 77.0 Å². The van der Waals surface area contributed by atoms with Crippen LogP contribution < -0.4 is 11.4 Å². The number of nitrogens with zero attached hydrogens (tertiary/aromatic N) is 2. The molecule has 3 heterocycles. The summed E-state index contributed by atoms with van der Waals surface area (Å²) in [6.07, 6.45) is 23.7. The SMILES string of the molecule is CC/C=C\C/C=C\C/C=C\C/C=C\C/C=C\CCCCCC(=O)O[C@@H]1COC(=O)CCCCCC[C@H]2C(=O)C[C@@H](O)[C@H](/C=C/[C@@H](O)CCCCC)[C@H](O)[C@H](O)[C@@H](COP(=O)(O)OP(=O)(O)OC1)O[C@H]2n1ccc(N)nc1=O. The lowest BCUT2D eigenvalue weighted by atomic mass is 9.83. The Morgan fingerprint density at radius 1 is 0.818 bits per heavy atom. The number of nitrogen functional groups attached to an aromatic ring is 1. The topological polar surface area (TPSA) is 323 Å². The summed E-state index contributed by atoms with van der Waals surface area (Å²) < 4.78 is 59.1. The van der Waals surface area contributed by atoms with Crippen LogP contribution in [0.1, 0.15) is 155 Å². The van der Waals surface area contributed by atoms with Crippen LogP contribution in [-0.2, 0) is 51.1 Å². The fourth-order valence-electron chi connectivity index (χ4n) is 8.41. The number of ether oxygens (including phenoxy) is 3. The Morgan fingerprint density at radius 2 is 1.45 bits per heavy atom. The third-order valence-electron chi connectivity index (χ3n) is 12.7. The van der Waals surface area contributed by atoms with Crippen LogP contribution in [0, 0.1) is 11.8 Å². The van der Waals surface area contributed by atoms with Gasteiger partial charge in [-0.1, -0.05) is 132 Å². The predicted octanol–water partition coefficient (Wildman–Crippen LogP) is 8.26. The molecule has 2 aliphatic rings. The van der Waals surface area contributed by atoms with Gasteiger partial charge in [0.1, 0.15) is 36.6 Å². The van der Waals surface area contributed by atoms with Crippen molar-refractivity contribution in [1.29, 1.82) is 0 Å². The highest BCUT2D eigenvalue weighted by Crippen LogP contribution is 2.60. The molecule has 2 saturated heterocycles. The molecule has 2 fully saturated rings. The van der Waals surface area contributed by atoms with Gasteiger partial charge in [-0.05, 0) is 76.7 Å². The van der Waals surface area contributed by atoms with Gasteiger partial charge in [0.25, 0.3) is 0 Å². The highest BCUT2D eigenvalue weighted by Gasteiger charge is 2.45. The summed E-state index contributed by atoms with van der Waals surface area (Å²) >= 11 is 0. The molecule has 2 unspecified atom stereocenters. The maximum Gasteiger partial charge on any atom is 0.481 e. The van der Waals surface area contributed by atoms with Crippen LogP contribution in [0.4, 0.5) is 5.82 Å². The smallest absolute Gasteiger partial charge is 0.462 e. The highest BCUT2D eigenvalue weighted by molar-refractivity contribution is 7.61. The third-order valence-corrected chi connectivity index (χ3v) is 15.3. The van der Waals surface area contributed by atoms with Crippen LogP contribution in [0.25, 0.3) is 0 Å². The third kappa shape index (κ3) is 28.0. The summed E-state index contributed by atoms with van der Waals surface area (Å²) in [5.41, 5.74) is 4.75. The first-order chi connectivity index (χ1) is 36.9. The van der Waals surface area contributed by atoms with Crippen molar-refractivity contribution in [1.82, 2.24) is 9.55 Å². The molecule has 2 aliphatic heterocycles. The van der Waals surface area contributed by atoms with Crippen LogP contribution in [0.3, 0.4) is 0 Å². The van der Waals surface area contributed by atoms with Gasteiger partial charge in [-0.3, -0.25) is 28.0 Å². The number of phosphoric ester groups is 2. The van der Waals surface area contributed by atoms with E-state index in [1.807, 2.05) is 6.92 Å². The number of anilines is 1. The van der Waals surface area contributed by atoms with E-state index in [4.69, 9.17) is 29.0 Å². The molecule has 21 nitrogen and oxygen atoms in total. The normalized spacial score (nSPS) is 28.9. The van der Waals surface area contributed by atoms with E-state index in [1.54, 1.807) is 0 Å². The van der Waals surface area contributed by atoms with E-state index in [1.165, 1.54) is 18.2 Å². The maximum absolute atomic E-state index is 14.3. The molecule has 0 aliphatic carbocycles. The molecular formula is C54H85N3O18P2. The number of aromatic nitrogens is 2. The molecule has 77 heavy (non-hydrogen) atoms. The first kappa shape index (κ1) is 67.1. The number of allylic oxidation sites excluding steroid dienone is 10. The lowest BCUT2D eigenvalue weighted by Gasteiger charge is -2.38. The number of esters is 2. The van der Waals surface area contributed by atoms with E-state index in [0.717, 1.165) is 68.6 Å². The number of cyclic esters (lactones) is 1. The minimum absolute atomic E-state index is 0.00958. The number of Topliss-reactive ketones (excluding diaryl/α,β-unsaturated/α-hetero) is 1. The minimum atomic E-state index is -5.73. The van der Waals surface area contributed by atoms with Gasteiger partial charge >= 0.3 is 33.3 Å². The van der Waals surface area contributed by atoms with E-state index in [9.17, 15) is 58.5 Å². The Bertz CT molecular complexity index is 2250. The van der Waals surface area contributed by atoms with E-state index in [0.29, 0.717) is 51.4 Å². The Labute approximate surface area is 453 Å². The van der Waals surface area contributed by atoms with Gasteiger partial charge in [0, 0.05) is 31.4 Å². The lowest BCUT2D eigenvalue weighted by Crippen LogP contribution is -2.51. The Morgan fingerprint density at radius 3 is 2.10 bits per heavy atom. The molecular weight excluding hydrogens is 1040 g/mol. The quantitative estimate of drug-likeness (QED) is 0.0235. The number of aliphatic hydroxyl groups is 4. The molecule has 2 bridgehead atoms. The molecule has 23 heteroatoms. The number of hydrogen-bond acceptors (Lipinski definition) is 18. The van der Waals surface area contributed by atoms with Gasteiger partial charge in [0.2, 0.25) is 0 Å². The van der Waals surface area contributed by atoms with Crippen molar-refractivity contribution in [3.05, 3.63) is 95.7 Å². The maximum atomic E-state index is 14.3. The fraction of sp³-hybridized carbons (Fsp3) is 0.648. The van der Waals surface area contributed by atoms with E-state index < -0.39 is 120 Å². The van der Waals surface area contributed by atoms with Crippen LogP contribution in [0.5, 0.6) is 0 Å². The second-order valence-corrected chi connectivity index (χ2v) is 22.2. The summed E-state index contributed by atoms with van der Waals surface area (Å²) in [6, 6.07) is 1.23. The molecule has 0 radical (unpaired) electrons. The van der Waals surface area contributed by atoms with Gasteiger partial charge in [-0.2, -0.15) is 9.29 Å². The monoisotopic (exact) mass is 1130 g/mol. The molecule has 3 rings (SSSR count). The zero-order valence-electron chi connectivity index (χ0n) is 44.7. The average molecular weight is 1130 g/mol. The largest absolute Gasteiger partial charge is 0.481 e. The summed E-state index contributed by atoms with van der Waals surface area (Å²) in [7, 11) is -11.3. The molecule has 1 aromatic rings. The van der Waals surface area contributed by atoms with Crippen molar-refractivity contribution in [2.75, 3.05) is 25.6 Å². The number of carbonyl (C=O) groups is 3. The van der Waals surface area contributed by atoms with Gasteiger partial charge in [-0.15, -0.1) is 0 Å². The lowest BCUT2D eigenvalue weighted by molar-refractivity contribution is -0.184. The molecule has 434 valence electrons. The zero-order valence-corrected chi connectivity index (χ0v) is 46.5. The first-order valence-electron chi connectivity index (χ1n) is 27.1. The van der Waals surface area contributed by atoms with Crippen LogP contribution in [-0.4, -0.2) is 114 Å². The van der Waals surface area contributed by atoms with Crippen molar-refractivity contribution >= 4 is 39.2 Å².